The number of urea groups is 1. The highest BCUT2D eigenvalue weighted by Gasteiger charge is 2.13. The summed E-state index contributed by atoms with van der Waals surface area (Å²) in [5.41, 5.74) is -0.247. The number of amides is 2. The van der Waals surface area contributed by atoms with E-state index in [-0.39, 0.29) is 11.2 Å². The van der Waals surface area contributed by atoms with Gasteiger partial charge in [0, 0.05) is 13.1 Å². The third kappa shape index (κ3) is 3.29. The van der Waals surface area contributed by atoms with Crippen LogP contribution in [0.25, 0.3) is 0 Å². The standard InChI is InChI=1S/C9H9BrN6O2S/c1-11-9(18)15-6-7(17)16-19-8(6)14-5-2-4(10)12-3-13-5/h2-3H,1H3,(H,16,17)(H2,11,15,18)(H,12,13,14). The smallest absolute Gasteiger partial charge is 0.319 e. The first-order chi connectivity index (χ1) is 9.10. The minimum absolute atomic E-state index is 0.138. The Bertz CT molecular complexity index is 654. The van der Waals surface area contributed by atoms with E-state index in [0.717, 1.165) is 11.5 Å². The highest BCUT2D eigenvalue weighted by atomic mass is 79.9. The molecule has 8 nitrogen and oxygen atoms in total. The topological polar surface area (TPSA) is 112 Å². The maximum Gasteiger partial charge on any atom is 0.319 e. The molecule has 0 fully saturated rings. The molecule has 0 bridgehead atoms. The van der Waals surface area contributed by atoms with Crippen LogP contribution in [-0.2, 0) is 0 Å². The minimum Gasteiger partial charge on any atom is -0.341 e. The summed E-state index contributed by atoms with van der Waals surface area (Å²) in [5.74, 6) is 0.497. The Kier molecular flexibility index (Phi) is 4.12. The Balaban J connectivity index is 2.26. The zero-order chi connectivity index (χ0) is 13.8. The number of carbonyl (C=O) groups excluding carboxylic acids is 1. The first kappa shape index (κ1) is 13.5. The molecule has 19 heavy (non-hydrogen) atoms. The summed E-state index contributed by atoms with van der Waals surface area (Å²) in [7, 11) is 1.46. The molecule has 10 heteroatoms. The number of nitrogens with one attached hydrogen (secondary N) is 4. The van der Waals surface area contributed by atoms with Crippen molar-refractivity contribution in [2.75, 3.05) is 17.7 Å². The number of H-pyrrole nitrogens is 1. The lowest BCUT2D eigenvalue weighted by Gasteiger charge is -2.06. The molecule has 0 aliphatic rings. The van der Waals surface area contributed by atoms with Crippen LogP contribution < -0.4 is 21.5 Å². The van der Waals surface area contributed by atoms with Crippen LogP contribution in [-0.4, -0.2) is 27.4 Å². The molecular weight excluding hydrogens is 336 g/mol. The summed E-state index contributed by atoms with van der Waals surface area (Å²) >= 11 is 4.28. The monoisotopic (exact) mass is 344 g/mol. The number of carbonyl (C=O) groups is 1. The van der Waals surface area contributed by atoms with Gasteiger partial charge in [0.2, 0.25) is 0 Å². The zero-order valence-corrected chi connectivity index (χ0v) is 12.1. The number of rotatable bonds is 3. The van der Waals surface area contributed by atoms with E-state index in [2.05, 4.69) is 46.2 Å². The quantitative estimate of drug-likeness (QED) is 0.630. The molecule has 0 atom stereocenters. The van der Waals surface area contributed by atoms with Gasteiger partial charge in [-0.25, -0.2) is 14.8 Å². The van der Waals surface area contributed by atoms with Gasteiger partial charge in [-0.15, -0.1) is 0 Å². The second-order valence-electron chi connectivity index (χ2n) is 3.29. The Morgan fingerprint density at radius 1 is 1.47 bits per heavy atom. The SMILES string of the molecule is CNC(=O)Nc1c(Nc2cc(Br)ncn2)s[nH]c1=O. The molecule has 2 heterocycles. The van der Waals surface area contributed by atoms with Crippen LogP contribution in [0, 0.1) is 0 Å². The van der Waals surface area contributed by atoms with Gasteiger partial charge in [-0.2, -0.15) is 0 Å². The molecule has 0 aliphatic heterocycles. The summed E-state index contributed by atoms with van der Waals surface area (Å²) in [6.07, 6.45) is 1.37. The predicted octanol–water partition coefficient (Wildman–Crippen LogP) is 1.48. The van der Waals surface area contributed by atoms with Gasteiger partial charge in [0.15, 0.2) is 0 Å². The molecule has 2 rings (SSSR count). The fourth-order valence-corrected chi connectivity index (χ4v) is 2.21. The first-order valence-corrected chi connectivity index (χ1v) is 6.66. The Morgan fingerprint density at radius 2 is 2.26 bits per heavy atom. The number of aromatic amines is 1. The minimum atomic E-state index is -0.476. The van der Waals surface area contributed by atoms with Gasteiger partial charge in [-0.1, -0.05) is 0 Å². The van der Waals surface area contributed by atoms with Crippen molar-refractivity contribution in [1.82, 2.24) is 19.7 Å². The maximum atomic E-state index is 11.6. The lowest BCUT2D eigenvalue weighted by atomic mass is 10.5. The summed E-state index contributed by atoms with van der Waals surface area (Å²) in [6.45, 7) is 0. The summed E-state index contributed by atoms with van der Waals surface area (Å²) in [5, 5.41) is 8.20. The number of aromatic nitrogens is 3. The van der Waals surface area contributed by atoms with Gasteiger partial charge in [0.25, 0.3) is 5.56 Å². The summed E-state index contributed by atoms with van der Waals surface area (Å²) in [6, 6.07) is 1.17. The van der Waals surface area contributed by atoms with E-state index in [1.807, 2.05) is 0 Å². The molecular formula is C9H9BrN6O2S. The predicted molar refractivity (Wildman–Crippen MR) is 76.0 cm³/mol. The molecule has 4 N–H and O–H groups in total. The van der Waals surface area contributed by atoms with Crippen LogP contribution in [0.2, 0.25) is 0 Å². The van der Waals surface area contributed by atoms with E-state index >= 15 is 0 Å². The fourth-order valence-electron chi connectivity index (χ4n) is 1.20. The molecule has 0 unspecified atom stereocenters. The molecule has 2 aromatic rings. The van der Waals surface area contributed by atoms with Crippen molar-refractivity contribution >= 4 is 50.0 Å². The molecule has 0 saturated heterocycles. The van der Waals surface area contributed by atoms with Crippen molar-refractivity contribution in [3.63, 3.8) is 0 Å². The molecule has 2 aromatic heterocycles. The van der Waals surface area contributed by atoms with Crippen molar-refractivity contribution in [3.8, 4) is 0 Å². The molecule has 0 spiro atoms. The lowest BCUT2D eigenvalue weighted by molar-refractivity contribution is 0.254. The Labute approximate surface area is 119 Å². The van der Waals surface area contributed by atoms with Crippen LogP contribution in [0.5, 0.6) is 0 Å². The van der Waals surface area contributed by atoms with Gasteiger partial charge >= 0.3 is 6.03 Å². The average molecular weight is 345 g/mol. The maximum absolute atomic E-state index is 11.6. The average Bonchev–Trinajstić information content (AvgIpc) is 2.71. The van der Waals surface area contributed by atoms with Crippen LogP contribution in [0.4, 0.5) is 21.3 Å². The molecule has 2 amide bonds. The summed E-state index contributed by atoms with van der Waals surface area (Å²) in [4.78, 5) is 30.7. The van der Waals surface area contributed by atoms with Crippen molar-refractivity contribution in [3.05, 3.63) is 27.4 Å². The van der Waals surface area contributed by atoms with E-state index in [1.165, 1.54) is 13.4 Å². The van der Waals surface area contributed by atoms with E-state index < -0.39 is 6.03 Å². The third-order valence-electron chi connectivity index (χ3n) is 2.04. The van der Waals surface area contributed by atoms with Gasteiger partial charge in [-0.3, -0.25) is 9.17 Å². The molecule has 0 radical (unpaired) electrons. The lowest BCUT2D eigenvalue weighted by Crippen LogP contribution is -2.27. The van der Waals surface area contributed by atoms with Gasteiger partial charge in [0.1, 0.15) is 27.4 Å². The fraction of sp³-hybridized carbons (Fsp3) is 0.111. The van der Waals surface area contributed by atoms with E-state index in [0.29, 0.717) is 15.4 Å². The van der Waals surface area contributed by atoms with Crippen LogP contribution >= 0.6 is 27.5 Å². The number of hydrogen-bond acceptors (Lipinski definition) is 6. The van der Waals surface area contributed by atoms with E-state index in [9.17, 15) is 9.59 Å². The van der Waals surface area contributed by atoms with Gasteiger partial charge in [0.05, 0.1) is 0 Å². The van der Waals surface area contributed by atoms with Crippen molar-refractivity contribution in [2.24, 2.45) is 0 Å². The van der Waals surface area contributed by atoms with Gasteiger partial charge < -0.3 is 16.0 Å². The van der Waals surface area contributed by atoms with Crippen LogP contribution in [0.15, 0.2) is 21.8 Å². The van der Waals surface area contributed by atoms with E-state index in [1.54, 1.807) is 6.07 Å². The number of hydrogen-bond donors (Lipinski definition) is 4. The largest absolute Gasteiger partial charge is 0.341 e. The Hall–Kier alpha value is -1.94. The molecule has 0 aromatic carbocycles. The number of anilines is 3. The number of nitrogens with zero attached hydrogens (tertiary/aromatic N) is 2. The molecule has 0 saturated carbocycles. The van der Waals surface area contributed by atoms with Crippen molar-refractivity contribution in [2.45, 2.75) is 0 Å². The Morgan fingerprint density at radius 3 is 2.95 bits per heavy atom. The number of halogens is 1. The van der Waals surface area contributed by atoms with Crippen LogP contribution in [0.3, 0.4) is 0 Å². The second kappa shape index (κ2) is 5.80. The van der Waals surface area contributed by atoms with Crippen LogP contribution in [0.1, 0.15) is 0 Å². The van der Waals surface area contributed by atoms with Crippen molar-refractivity contribution < 1.29 is 4.79 Å². The zero-order valence-electron chi connectivity index (χ0n) is 9.65. The van der Waals surface area contributed by atoms with Crippen molar-refractivity contribution in [1.29, 1.82) is 0 Å². The van der Waals surface area contributed by atoms with Gasteiger partial charge in [-0.05, 0) is 27.5 Å². The van der Waals surface area contributed by atoms with E-state index in [4.69, 9.17) is 0 Å². The highest BCUT2D eigenvalue weighted by Crippen LogP contribution is 2.25. The highest BCUT2D eigenvalue weighted by molar-refractivity contribution is 9.10. The molecule has 100 valence electrons. The molecule has 0 aliphatic carbocycles. The third-order valence-corrected chi connectivity index (χ3v) is 3.27. The second-order valence-corrected chi connectivity index (χ2v) is 4.92. The normalized spacial score (nSPS) is 10.0. The summed E-state index contributed by atoms with van der Waals surface area (Å²) < 4.78 is 3.13. The first-order valence-electron chi connectivity index (χ1n) is 5.05.